The summed E-state index contributed by atoms with van der Waals surface area (Å²) in [7, 11) is 0. The summed E-state index contributed by atoms with van der Waals surface area (Å²) in [6.45, 7) is 1.88. The van der Waals surface area contributed by atoms with Crippen LogP contribution < -0.4 is 10.5 Å². The van der Waals surface area contributed by atoms with E-state index in [4.69, 9.17) is 9.15 Å². The first-order valence-electron chi connectivity index (χ1n) is 7.24. The van der Waals surface area contributed by atoms with Crippen molar-refractivity contribution in [3.63, 3.8) is 0 Å². The molecule has 0 fully saturated rings. The number of non-ortho nitro benzene ring substituents is 1. The van der Waals surface area contributed by atoms with Crippen LogP contribution in [0.1, 0.15) is 18.5 Å². The summed E-state index contributed by atoms with van der Waals surface area (Å²) in [5.41, 5.74) is 0.918. The molecular formula is C17H14N2O5. The molecule has 7 nitrogen and oxygen atoms in total. The summed E-state index contributed by atoms with van der Waals surface area (Å²) in [6.07, 6.45) is 1.47. The van der Waals surface area contributed by atoms with Crippen LogP contribution >= 0.6 is 0 Å². The highest BCUT2D eigenvalue weighted by molar-refractivity contribution is 5.37. The summed E-state index contributed by atoms with van der Waals surface area (Å²) in [5, 5.41) is 10.6. The van der Waals surface area contributed by atoms with Gasteiger partial charge in [0.15, 0.2) is 0 Å². The number of rotatable bonds is 5. The van der Waals surface area contributed by atoms with E-state index in [0.717, 1.165) is 5.56 Å². The normalized spacial score (nSPS) is 11.9. The number of ether oxygens (including phenoxy) is 1. The lowest BCUT2D eigenvalue weighted by molar-refractivity contribution is -0.384. The highest BCUT2D eigenvalue weighted by atomic mass is 16.6. The van der Waals surface area contributed by atoms with E-state index in [-0.39, 0.29) is 17.7 Å². The monoisotopic (exact) mass is 326 g/mol. The zero-order chi connectivity index (χ0) is 17.1. The number of benzene rings is 2. The van der Waals surface area contributed by atoms with E-state index in [1.807, 2.05) is 37.3 Å². The minimum absolute atomic E-state index is 0.0247. The highest BCUT2D eigenvalue weighted by Crippen LogP contribution is 2.25. The Kier molecular flexibility index (Phi) is 4.15. The standard InChI is InChI=1S/C17H14N2O5/c1-12(13-5-3-2-4-6-13)18-11-16(24-17(18)20)23-15-9-7-14(8-10-15)19(21)22/h2-12H,1H3. The van der Waals surface area contributed by atoms with Crippen LogP contribution in [-0.2, 0) is 0 Å². The van der Waals surface area contributed by atoms with Gasteiger partial charge in [-0.25, -0.2) is 4.79 Å². The van der Waals surface area contributed by atoms with Gasteiger partial charge in [0.25, 0.3) is 5.69 Å². The van der Waals surface area contributed by atoms with E-state index in [2.05, 4.69) is 0 Å². The molecule has 1 unspecified atom stereocenters. The maximum absolute atomic E-state index is 12.0. The molecule has 2 aromatic carbocycles. The van der Waals surface area contributed by atoms with Crippen LogP contribution in [0.15, 0.2) is 70.0 Å². The van der Waals surface area contributed by atoms with Crippen LogP contribution in [0.5, 0.6) is 11.7 Å². The van der Waals surface area contributed by atoms with Gasteiger partial charge >= 0.3 is 11.7 Å². The number of oxazole rings is 1. The van der Waals surface area contributed by atoms with Crippen LogP contribution in [0, 0.1) is 10.1 Å². The molecule has 1 heterocycles. The van der Waals surface area contributed by atoms with Crippen LogP contribution in [0.4, 0.5) is 5.69 Å². The minimum atomic E-state index is -0.539. The van der Waals surface area contributed by atoms with E-state index in [0.29, 0.717) is 5.75 Å². The lowest BCUT2D eigenvalue weighted by atomic mass is 10.1. The van der Waals surface area contributed by atoms with Gasteiger partial charge in [0.05, 0.1) is 17.2 Å². The number of hydrogen-bond donors (Lipinski definition) is 0. The van der Waals surface area contributed by atoms with Crippen molar-refractivity contribution in [3.8, 4) is 11.7 Å². The number of nitrogens with zero attached hydrogens (tertiary/aromatic N) is 2. The van der Waals surface area contributed by atoms with Gasteiger partial charge in [-0.05, 0) is 24.6 Å². The third-order valence-electron chi connectivity index (χ3n) is 3.61. The maximum Gasteiger partial charge on any atom is 0.422 e. The summed E-state index contributed by atoms with van der Waals surface area (Å²) >= 11 is 0. The fraction of sp³-hybridized carbons (Fsp3) is 0.118. The molecule has 0 aliphatic rings. The molecule has 0 aliphatic carbocycles. The largest absolute Gasteiger partial charge is 0.425 e. The second-order valence-corrected chi connectivity index (χ2v) is 5.16. The Morgan fingerprint density at radius 1 is 1.12 bits per heavy atom. The van der Waals surface area contributed by atoms with Gasteiger partial charge in [0.1, 0.15) is 5.75 Å². The van der Waals surface area contributed by atoms with Gasteiger partial charge in [0.2, 0.25) is 0 Å². The third kappa shape index (κ3) is 3.19. The summed E-state index contributed by atoms with van der Waals surface area (Å²) in [6, 6.07) is 14.8. The molecule has 0 aliphatic heterocycles. The Morgan fingerprint density at radius 3 is 2.42 bits per heavy atom. The Morgan fingerprint density at radius 2 is 1.79 bits per heavy atom. The zero-order valence-electron chi connectivity index (χ0n) is 12.8. The minimum Gasteiger partial charge on any atom is -0.425 e. The van der Waals surface area contributed by atoms with E-state index in [1.165, 1.54) is 35.0 Å². The third-order valence-corrected chi connectivity index (χ3v) is 3.61. The molecule has 0 saturated carbocycles. The predicted molar refractivity (Wildman–Crippen MR) is 86.4 cm³/mol. The Labute approximate surface area is 136 Å². The van der Waals surface area contributed by atoms with Crippen LogP contribution in [0.3, 0.4) is 0 Å². The molecule has 3 aromatic rings. The topological polar surface area (TPSA) is 87.5 Å². The van der Waals surface area contributed by atoms with Gasteiger partial charge in [-0.15, -0.1) is 0 Å². The lowest BCUT2D eigenvalue weighted by Gasteiger charge is -2.10. The highest BCUT2D eigenvalue weighted by Gasteiger charge is 2.15. The van der Waals surface area contributed by atoms with Crippen LogP contribution in [-0.4, -0.2) is 9.49 Å². The molecule has 1 atom stereocenters. The SMILES string of the molecule is CC(c1ccccc1)n1cc(Oc2ccc([N+](=O)[O-])cc2)oc1=O. The van der Waals surface area contributed by atoms with Gasteiger partial charge in [-0.2, -0.15) is 0 Å². The number of hydrogen-bond acceptors (Lipinski definition) is 5. The van der Waals surface area contributed by atoms with Gasteiger partial charge in [-0.3, -0.25) is 14.7 Å². The molecule has 0 amide bonds. The molecule has 0 bridgehead atoms. The Bertz CT molecular complexity index is 897. The van der Waals surface area contributed by atoms with Crippen molar-refractivity contribution in [2.24, 2.45) is 0 Å². The molecule has 0 N–H and O–H groups in total. The van der Waals surface area contributed by atoms with Gasteiger partial charge < -0.3 is 9.15 Å². The van der Waals surface area contributed by atoms with Crippen LogP contribution in [0.2, 0.25) is 0 Å². The molecule has 24 heavy (non-hydrogen) atoms. The first kappa shape index (κ1) is 15.5. The first-order chi connectivity index (χ1) is 11.5. The van der Waals surface area contributed by atoms with Crippen molar-refractivity contribution < 1.29 is 14.1 Å². The average Bonchev–Trinajstić information content (AvgIpc) is 2.95. The van der Waals surface area contributed by atoms with Crippen molar-refractivity contribution in [1.82, 2.24) is 4.57 Å². The predicted octanol–water partition coefficient (Wildman–Crippen LogP) is 3.75. The first-order valence-corrected chi connectivity index (χ1v) is 7.24. The Hall–Kier alpha value is -3.35. The fourth-order valence-corrected chi connectivity index (χ4v) is 2.29. The molecule has 1 aromatic heterocycles. The zero-order valence-corrected chi connectivity index (χ0v) is 12.8. The lowest BCUT2D eigenvalue weighted by Crippen LogP contribution is -2.18. The van der Waals surface area contributed by atoms with Crippen molar-refractivity contribution in [2.75, 3.05) is 0 Å². The van der Waals surface area contributed by atoms with E-state index >= 15 is 0 Å². The van der Waals surface area contributed by atoms with Crippen molar-refractivity contribution in [3.05, 3.63) is 87.0 Å². The van der Waals surface area contributed by atoms with Crippen molar-refractivity contribution in [2.45, 2.75) is 13.0 Å². The van der Waals surface area contributed by atoms with E-state index in [9.17, 15) is 14.9 Å². The average molecular weight is 326 g/mol. The molecule has 0 spiro atoms. The summed E-state index contributed by atoms with van der Waals surface area (Å²) < 4.78 is 12.0. The van der Waals surface area contributed by atoms with E-state index < -0.39 is 10.7 Å². The van der Waals surface area contributed by atoms with Gasteiger partial charge in [0, 0.05) is 12.1 Å². The second-order valence-electron chi connectivity index (χ2n) is 5.16. The number of aromatic nitrogens is 1. The van der Waals surface area contributed by atoms with Crippen molar-refractivity contribution >= 4 is 5.69 Å². The van der Waals surface area contributed by atoms with Crippen LogP contribution in [0.25, 0.3) is 0 Å². The molecule has 3 rings (SSSR count). The number of nitro groups is 1. The summed E-state index contributed by atoms with van der Waals surface area (Å²) in [5.74, 6) is -0.172. The molecule has 0 radical (unpaired) electrons. The second kappa shape index (κ2) is 6.41. The smallest absolute Gasteiger partial charge is 0.422 e. The molecule has 122 valence electrons. The quantitative estimate of drug-likeness (QED) is 0.526. The number of nitro benzene ring substituents is 1. The molecular weight excluding hydrogens is 312 g/mol. The van der Waals surface area contributed by atoms with E-state index in [1.54, 1.807) is 0 Å². The molecule has 7 heteroatoms. The maximum atomic E-state index is 12.0. The fourth-order valence-electron chi connectivity index (χ4n) is 2.29. The van der Waals surface area contributed by atoms with Crippen molar-refractivity contribution in [1.29, 1.82) is 0 Å². The van der Waals surface area contributed by atoms with Gasteiger partial charge in [-0.1, -0.05) is 30.3 Å². The Balaban J connectivity index is 1.81. The summed E-state index contributed by atoms with van der Waals surface area (Å²) in [4.78, 5) is 22.1. The molecule has 0 saturated heterocycles.